The zero-order chi connectivity index (χ0) is 13.0. The second-order valence-corrected chi connectivity index (χ2v) is 5.57. The Hall–Kier alpha value is -0.870. The van der Waals surface area contributed by atoms with E-state index < -0.39 is 0 Å². The third-order valence-electron chi connectivity index (χ3n) is 3.97. The Bertz CT molecular complexity index is 360. The molecule has 0 spiro atoms. The normalized spacial score (nSPS) is 25.5. The summed E-state index contributed by atoms with van der Waals surface area (Å²) in [5.74, 6) is 0.673. The zero-order valence-corrected chi connectivity index (χ0v) is 11.7. The van der Waals surface area contributed by atoms with E-state index in [0.29, 0.717) is 12.0 Å². The molecule has 1 aliphatic rings. The minimum absolute atomic E-state index is 0.669. The lowest BCUT2D eigenvalue weighted by atomic mass is 9.93. The van der Waals surface area contributed by atoms with Gasteiger partial charge in [-0.05, 0) is 38.6 Å². The molecule has 2 rings (SSSR count). The molecule has 1 aliphatic heterocycles. The van der Waals surface area contributed by atoms with E-state index in [1.165, 1.54) is 18.4 Å². The van der Waals surface area contributed by atoms with Gasteiger partial charge in [0.25, 0.3) is 0 Å². The summed E-state index contributed by atoms with van der Waals surface area (Å²) in [5, 5.41) is 4.40. The van der Waals surface area contributed by atoms with Crippen LogP contribution in [-0.4, -0.2) is 33.8 Å². The number of likely N-dealkylation sites (tertiary alicyclic amines) is 1. The summed E-state index contributed by atoms with van der Waals surface area (Å²) in [6.07, 6.45) is 7.88. The lowest BCUT2D eigenvalue weighted by Crippen LogP contribution is -2.43. The number of nitrogens with two attached hydrogens (primary N) is 1. The Morgan fingerprint density at radius 1 is 1.44 bits per heavy atom. The van der Waals surface area contributed by atoms with Crippen LogP contribution < -0.4 is 5.73 Å². The largest absolute Gasteiger partial charge is 0.330 e. The van der Waals surface area contributed by atoms with Gasteiger partial charge in [0.15, 0.2) is 0 Å². The first kappa shape index (κ1) is 13.6. The Kier molecular flexibility index (Phi) is 4.78. The summed E-state index contributed by atoms with van der Waals surface area (Å²) in [6.45, 7) is 8.49. The van der Waals surface area contributed by atoms with Crippen LogP contribution in [0.25, 0.3) is 0 Å². The van der Waals surface area contributed by atoms with Crippen molar-refractivity contribution in [3.63, 3.8) is 0 Å². The van der Waals surface area contributed by atoms with E-state index in [9.17, 15) is 0 Å². The van der Waals surface area contributed by atoms with Gasteiger partial charge in [-0.3, -0.25) is 9.58 Å². The van der Waals surface area contributed by atoms with Crippen molar-refractivity contribution in [2.75, 3.05) is 13.1 Å². The van der Waals surface area contributed by atoms with Crippen LogP contribution in [0, 0.1) is 5.92 Å². The summed E-state index contributed by atoms with van der Waals surface area (Å²) in [4.78, 5) is 2.55. The van der Waals surface area contributed by atoms with E-state index in [1.54, 1.807) is 0 Å². The van der Waals surface area contributed by atoms with Gasteiger partial charge in [0.1, 0.15) is 0 Å². The molecule has 102 valence electrons. The van der Waals surface area contributed by atoms with Gasteiger partial charge in [-0.1, -0.05) is 6.92 Å². The molecule has 0 saturated carbocycles. The predicted molar refractivity (Wildman–Crippen MR) is 74.2 cm³/mol. The van der Waals surface area contributed by atoms with Gasteiger partial charge in [0, 0.05) is 37.4 Å². The van der Waals surface area contributed by atoms with Crippen molar-refractivity contribution >= 4 is 0 Å². The van der Waals surface area contributed by atoms with Crippen molar-refractivity contribution in [3.05, 3.63) is 18.0 Å². The quantitative estimate of drug-likeness (QED) is 0.867. The van der Waals surface area contributed by atoms with Gasteiger partial charge in [-0.15, -0.1) is 0 Å². The summed E-state index contributed by atoms with van der Waals surface area (Å²) < 4.78 is 2.05. The molecule has 1 aromatic heterocycles. The molecule has 1 aromatic rings. The summed E-state index contributed by atoms with van der Waals surface area (Å²) >= 11 is 0. The first-order valence-electron chi connectivity index (χ1n) is 7.18. The van der Waals surface area contributed by atoms with Crippen LogP contribution in [0.2, 0.25) is 0 Å². The molecule has 0 aliphatic carbocycles. The van der Waals surface area contributed by atoms with Crippen molar-refractivity contribution in [1.29, 1.82) is 0 Å². The molecule has 0 radical (unpaired) electrons. The molecule has 0 amide bonds. The van der Waals surface area contributed by atoms with E-state index in [-0.39, 0.29) is 0 Å². The highest BCUT2D eigenvalue weighted by Gasteiger charge is 2.24. The molecule has 4 nitrogen and oxygen atoms in total. The minimum atomic E-state index is 0.669. The summed E-state index contributed by atoms with van der Waals surface area (Å²) in [6, 6.07) is 0.669. The Balaban J connectivity index is 1.93. The van der Waals surface area contributed by atoms with Gasteiger partial charge >= 0.3 is 0 Å². The fourth-order valence-electron chi connectivity index (χ4n) is 2.75. The topological polar surface area (TPSA) is 47.1 Å². The van der Waals surface area contributed by atoms with Gasteiger partial charge in [-0.25, -0.2) is 0 Å². The fraction of sp³-hybridized carbons (Fsp3) is 0.786. The SMILES string of the molecule is CCCn1cc(CN2CC(CN)CCC2C)cn1. The fourth-order valence-corrected chi connectivity index (χ4v) is 2.75. The number of aryl methyl sites for hydroxylation is 1. The standard InChI is InChI=1S/C14H26N4/c1-3-6-18-11-14(8-16-18)10-17-9-13(7-15)5-4-12(17)2/h8,11-13H,3-7,9-10,15H2,1-2H3. The van der Waals surface area contributed by atoms with Crippen LogP contribution in [-0.2, 0) is 13.1 Å². The molecule has 18 heavy (non-hydrogen) atoms. The average molecular weight is 250 g/mol. The molecule has 2 heterocycles. The highest BCUT2D eigenvalue weighted by Crippen LogP contribution is 2.22. The van der Waals surface area contributed by atoms with Crippen LogP contribution in [0.3, 0.4) is 0 Å². The number of hydrogen-bond acceptors (Lipinski definition) is 3. The smallest absolute Gasteiger partial charge is 0.0534 e. The highest BCUT2D eigenvalue weighted by atomic mass is 15.3. The van der Waals surface area contributed by atoms with E-state index in [1.807, 2.05) is 10.9 Å². The van der Waals surface area contributed by atoms with E-state index in [2.05, 4.69) is 30.0 Å². The Labute approximate surface area is 110 Å². The van der Waals surface area contributed by atoms with Crippen LogP contribution in [0.5, 0.6) is 0 Å². The van der Waals surface area contributed by atoms with Gasteiger partial charge in [0.2, 0.25) is 0 Å². The van der Waals surface area contributed by atoms with Crippen LogP contribution in [0.15, 0.2) is 12.4 Å². The van der Waals surface area contributed by atoms with Gasteiger partial charge in [-0.2, -0.15) is 5.10 Å². The van der Waals surface area contributed by atoms with Crippen molar-refractivity contribution in [1.82, 2.24) is 14.7 Å². The molecule has 4 heteroatoms. The van der Waals surface area contributed by atoms with Crippen LogP contribution in [0.4, 0.5) is 0 Å². The van der Waals surface area contributed by atoms with E-state index >= 15 is 0 Å². The summed E-state index contributed by atoms with van der Waals surface area (Å²) in [7, 11) is 0. The average Bonchev–Trinajstić information content (AvgIpc) is 2.80. The van der Waals surface area contributed by atoms with Gasteiger partial charge < -0.3 is 5.73 Å². The molecule has 2 atom stereocenters. The number of nitrogens with zero attached hydrogens (tertiary/aromatic N) is 3. The van der Waals surface area contributed by atoms with E-state index in [4.69, 9.17) is 5.73 Å². The maximum Gasteiger partial charge on any atom is 0.0534 e. The molecule has 0 bridgehead atoms. The lowest BCUT2D eigenvalue weighted by Gasteiger charge is -2.37. The number of piperidine rings is 1. The lowest BCUT2D eigenvalue weighted by molar-refractivity contribution is 0.113. The molecule has 1 fully saturated rings. The van der Waals surface area contributed by atoms with Gasteiger partial charge in [0.05, 0.1) is 6.20 Å². The molecule has 1 saturated heterocycles. The minimum Gasteiger partial charge on any atom is -0.330 e. The van der Waals surface area contributed by atoms with Crippen molar-refractivity contribution in [2.24, 2.45) is 11.7 Å². The molecular weight excluding hydrogens is 224 g/mol. The Morgan fingerprint density at radius 2 is 2.28 bits per heavy atom. The van der Waals surface area contributed by atoms with Crippen molar-refractivity contribution in [2.45, 2.75) is 52.2 Å². The number of rotatable bonds is 5. The molecule has 2 N–H and O–H groups in total. The number of hydrogen-bond donors (Lipinski definition) is 1. The maximum absolute atomic E-state index is 5.80. The Morgan fingerprint density at radius 3 is 3.00 bits per heavy atom. The van der Waals surface area contributed by atoms with Crippen LogP contribution in [0.1, 0.15) is 38.7 Å². The first-order chi connectivity index (χ1) is 8.72. The first-order valence-corrected chi connectivity index (χ1v) is 7.18. The zero-order valence-electron chi connectivity index (χ0n) is 11.7. The molecule has 0 aromatic carbocycles. The third kappa shape index (κ3) is 3.33. The van der Waals surface area contributed by atoms with Crippen molar-refractivity contribution < 1.29 is 0 Å². The second kappa shape index (κ2) is 6.34. The third-order valence-corrected chi connectivity index (χ3v) is 3.97. The van der Waals surface area contributed by atoms with Crippen LogP contribution >= 0.6 is 0 Å². The maximum atomic E-state index is 5.80. The second-order valence-electron chi connectivity index (χ2n) is 5.57. The van der Waals surface area contributed by atoms with Crippen molar-refractivity contribution in [3.8, 4) is 0 Å². The highest BCUT2D eigenvalue weighted by molar-refractivity contribution is 5.04. The number of aromatic nitrogens is 2. The molecular formula is C14H26N4. The monoisotopic (exact) mass is 250 g/mol. The van der Waals surface area contributed by atoms with E-state index in [0.717, 1.165) is 32.6 Å². The molecule has 2 unspecified atom stereocenters. The summed E-state index contributed by atoms with van der Waals surface area (Å²) in [5.41, 5.74) is 7.13. The predicted octanol–water partition coefficient (Wildman–Crippen LogP) is 1.85.